The second-order valence-corrected chi connectivity index (χ2v) is 13.5. The molecule has 0 heterocycles. The Morgan fingerprint density at radius 1 is 0.340 bits per heavy atom. The number of hydrogen-bond donors (Lipinski definition) is 0. The molecule has 16 heteroatoms. The van der Waals surface area contributed by atoms with Crippen LogP contribution in [0.1, 0.15) is 52.9 Å². The summed E-state index contributed by atoms with van der Waals surface area (Å²) in [6, 6.07) is 0. The second-order valence-electron chi connectivity index (χ2n) is 12.4. The van der Waals surface area contributed by atoms with Crippen LogP contribution in [0.3, 0.4) is 0 Å². The molecule has 0 saturated heterocycles. The van der Waals surface area contributed by atoms with Crippen LogP contribution in [0.15, 0.2) is 0 Å². The zero-order valence-electron chi connectivity index (χ0n) is 33.1. The Labute approximate surface area is 333 Å². The highest BCUT2D eigenvalue weighted by atomic mass is 127. The molecule has 53 heavy (non-hydrogen) atoms. The first-order valence-electron chi connectivity index (χ1n) is 19.2. The summed E-state index contributed by atoms with van der Waals surface area (Å²) in [5.41, 5.74) is -0.475. The number of carbonyl (C=O) groups is 1. The van der Waals surface area contributed by atoms with Crippen molar-refractivity contribution >= 4 is 28.6 Å². The van der Waals surface area contributed by atoms with Crippen molar-refractivity contribution in [3.63, 3.8) is 0 Å². The van der Waals surface area contributed by atoms with Crippen LogP contribution in [-0.4, -0.2) is 188 Å². The fourth-order valence-corrected chi connectivity index (χ4v) is 4.48. The summed E-state index contributed by atoms with van der Waals surface area (Å²) in [7, 11) is 0. The molecule has 0 aromatic rings. The van der Waals surface area contributed by atoms with Crippen molar-refractivity contribution in [1.82, 2.24) is 0 Å². The lowest BCUT2D eigenvalue weighted by atomic mass is 10.2. The average Bonchev–Trinajstić information content (AvgIpc) is 3.12. The summed E-state index contributed by atoms with van der Waals surface area (Å²) in [4.78, 5) is 11.6. The Bertz CT molecular complexity index is 718. The maximum atomic E-state index is 11.6. The van der Waals surface area contributed by atoms with Crippen LogP contribution in [0.2, 0.25) is 0 Å². The molecular weight excluding hydrogens is 811 g/mol. The van der Waals surface area contributed by atoms with E-state index in [0.29, 0.717) is 165 Å². The van der Waals surface area contributed by atoms with Gasteiger partial charge in [-0.25, -0.2) is 0 Å². The molecular formula is C37H73IO15. The van der Waals surface area contributed by atoms with E-state index in [1.165, 1.54) is 23.7 Å². The minimum Gasteiger partial charge on any atom is -0.460 e. The van der Waals surface area contributed by atoms with E-state index in [1.807, 2.05) is 20.8 Å². The zero-order chi connectivity index (χ0) is 38.6. The standard InChI is InChI=1S/C37H73IO15/c1-37(2,3)53-36(39)8-11-41-13-15-43-17-19-45-21-23-47-25-27-49-29-31-51-33-35-52-34-32-50-30-28-48-26-24-46-22-20-44-18-16-42-14-12-40-10-7-5-4-6-9-38/h4-35H2,1-3H3. The summed E-state index contributed by atoms with van der Waals surface area (Å²) < 4.78 is 77.7. The molecule has 0 aromatic heterocycles. The van der Waals surface area contributed by atoms with Gasteiger partial charge in [0.2, 0.25) is 0 Å². The molecule has 0 aliphatic rings. The largest absolute Gasteiger partial charge is 0.460 e. The third kappa shape index (κ3) is 49.7. The van der Waals surface area contributed by atoms with Gasteiger partial charge in [0.15, 0.2) is 0 Å². The molecule has 0 atom stereocenters. The lowest BCUT2D eigenvalue weighted by Gasteiger charge is -2.19. The quantitative estimate of drug-likeness (QED) is 0.0377. The molecule has 0 spiro atoms. The average molecular weight is 885 g/mol. The zero-order valence-corrected chi connectivity index (χ0v) is 35.3. The van der Waals surface area contributed by atoms with Gasteiger partial charge in [0.25, 0.3) is 0 Å². The molecule has 0 aliphatic heterocycles. The Morgan fingerprint density at radius 3 is 0.811 bits per heavy atom. The van der Waals surface area contributed by atoms with Crippen LogP contribution in [0, 0.1) is 0 Å². The van der Waals surface area contributed by atoms with E-state index in [0.717, 1.165) is 13.0 Å². The molecule has 318 valence electrons. The van der Waals surface area contributed by atoms with E-state index >= 15 is 0 Å². The van der Waals surface area contributed by atoms with Crippen molar-refractivity contribution in [2.24, 2.45) is 0 Å². The first-order chi connectivity index (χ1) is 26.0. The van der Waals surface area contributed by atoms with E-state index in [2.05, 4.69) is 22.6 Å². The van der Waals surface area contributed by atoms with Crippen LogP contribution in [0.25, 0.3) is 0 Å². The Kier molecular flexibility index (Phi) is 44.1. The molecule has 0 aromatic carbocycles. The molecule has 0 radical (unpaired) electrons. The molecule has 0 aliphatic carbocycles. The van der Waals surface area contributed by atoms with Crippen LogP contribution < -0.4 is 0 Å². The summed E-state index contributed by atoms with van der Waals surface area (Å²) >= 11 is 2.42. The molecule has 0 N–H and O–H groups in total. The Balaban J connectivity index is 3.09. The van der Waals surface area contributed by atoms with Gasteiger partial charge in [0.05, 0.1) is 172 Å². The molecule has 0 amide bonds. The van der Waals surface area contributed by atoms with Gasteiger partial charge in [-0.15, -0.1) is 0 Å². The first-order valence-corrected chi connectivity index (χ1v) is 20.8. The van der Waals surface area contributed by atoms with Crippen LogP contribution in [-0.2, 0) is 71.1 Å². The summed E-state index contributed by atoms with van der Waals surface area (Å²) in [6.45, 7) is 18.9. The molecule has 0 saturated carbocycles. The number of esters is 1. The van der Waals surface area contributed by atoms with Crippen molar-refractivity contribution in [3.8, 4) is 0 Å². The van der Waals surface area contributed by atoms with Crippen molar-refractivity contribution < 1.29 is 71.1 Å². The van der Waals surface area contributed by atoms with E-state index in [4.69, 9.17) is 66.3 Å². The lowest BCUT2D eigenvalue weighted by Crippen LogP contribution is -2.24. The van der Waals surface area contributed by atoms with Gasteiger partial charge >= 0.3 is 5.97 Å². The van der Waals surface area contributed by atoms with Gasteiger partial charge in [-0.05, 0) is 38.0 Å². The van der Waals surface area contributed by atoms with E-state index in [9.17, 15) is 4.79 Å². The van der Waals surface area contributed by atoms with Crippen molar-refractivity contribution in [2.45, 2.75) is 58.5 Å². The number of hydrogen-bond acceptors (Lipinski definition) is 15. The molecule has 0 bridgehead atoms. The number of halogens is 1. The summed E-state index contributed by atoms with van der Waals surface area (Å²) in [5.74, 6) is -0.265. The molecule has 0 unspecified atom stereocenters. The summed E-state index contributed by atoms with van der Waals surface area (Å²) in [6.07, 6.45) is 5.19. The van der Waals surface area contributed by atoms with Gasteiger partial charge in [-0.2, -0.15) is 0 Å². The van der Waals surface area contributed by atoms with Crippen LogP contribution in [0.5, 0.6) is 0 Å². The molecule has 0 fully saturated rings. The maximum absolute atomic E-state index is 11.6. The first kappa shape index (κ1) is 52.7. The highest BCUT2D eigenvalue weighted by Crippen LogP contribution is 2.08. The second kappa shape index (κ2) is 44.4. The van der Waals surface area contributed by atoms with Gasteiger partial charge in [0.1, 0.15) is 5.60 Å². The fourth-order valence-electron chi connectivity index (χ4n) is 3.94. The number of ether oxygens (including phenoxy) is 14. The highest BCUT2D eigenvalue weighted by molar-refractivity contribution is 14.1. The monoisotopic (exact) mass is 884 g/mol. The van der Waals surface area contributed by atoms with E-state index < -0.39 is 5.60 Å². The number of unbranched alkanes of at least 4 members (excludes halogenated alkanes) is 3. The number of carbonyl (C=O) groups excluding carboxylic acids is 1. The van der Waals surface area contributed by atoms with Crippen LogP contribution in [0.4, 0.5) is 0 Å². The van der Waals surface area contributed by atoms with Gasteiger partial charge in [-0.3, -0.25) is 4.79 Å². The van der Waals surface area contributed by atoms with Crippen molar-refractivity contribution in [1.29, 1.82) is 0 Å². The smallest absolute Gasteiger partial charge is 0.308 e. The maximum Gasteiger partial charge on any atom is 0.308 e. The topological polar surface area (TPSA) is 146 Å². The summed E-state index contributed by atoms with van der Waals surface area (Å²) in [5, 5.41) is 0. The Morgan fingerprint density at radius 2 is 0.566 bits per heavy atom. The van der Waals surface area contributed by atoms with Gasteiger partial charge in [-0.1, -0.05) is 35.4 Å². The highest BCUT2D eigenvalue weighted by Gasteiger charge is 2.15. The normalized spacial score (nSPS) is 11.8. The van der Waals surface area contributed by atoms with Gasteiger partial charge < -0.3 is 66.3 Å². The Hall–Kier alpha value is -0.320. The van der Waals surface area contributed by atoms with E-state index in [1.54, 1.807) is 0 Å². The SMILES string of the molecule is CC(C)(C)OC(=O)CCOCCOCCOCCOCCOCCOCCOCCOCCOCCOCCOCCOCCOCCCCCCI. The predicted molar refractivity (Wildman–Crippen MR) is 208 cm³/mol. The van der Waals surface area contributed by atoms with Gasteiger partial charge in [0, 0.05) is 6.61 Å². The third-order valence-electron chi connectivity index (χ3n) is 6.51. The molecule has 0 rings (SSSR count). The number of alkyl halides is 1. The lowest BCUT2D eigenvalue weighted by molar-refractivity contribution is -0.156. The van der Waals surface area contributed by atoms with Crippen molar-refractivity contribution in [2.75, 3.05) is 176 Å². The predicted octanol–water partition coefficient (Wildman–Crippen LogP) is 3.93. The third-order valence-corrected chi connectivity index (χ3v) is 7.27. The number of rotatable bonds is 45. The van der Waals surface area contributed by atoms with Crippen molar-refractivity contribution in [3.05, 3.63) is 0 Å². The van der Waals surface area contributed by atoms with Crippen LogP contribution >= 0.6 is 22.6 Å². The molecule has 15 nitrogen and oxygen atoms in total. The van der Waals surface area contributed by atoms with E-state index in [-0.39, 0.29) is 12.4 Å². The minimum absolute atomic E-state index is 0.231. The fraction of sp³-hybridized carbons (Fsp3) is 0.973. The minimum atomic E-state index is -0.475.